The fourth-order valence-corrected chi connectivity index (χ4v) is 1.86. The Morgan fingerprint density at radius 2 is 2.19 bits per heavy atom. The number of hydrogen-bond acceptors (Lipinski definition) is 3. The van der Waals surface area contributed by atoms with E-state index >= 15 is 0 Å². The summed E-state index contributed by atoms with van der Waals surface area (Å²) in [5.74, 6) is -1.88. The highest BCUT2D eigenvalue weighted by molar-refractivity contribution is 6.18. The second-order valence-corrected chi connectivity index (χ2v) is 3.68. The number of ketones is 1. The van der Waals surface area contributed by atoms with Crippen molar-refractivity contribution in [2.24, 2.45) is 0 Å². The quantitative estimate of drug-likeness (QED) is 0.565. The summed E-state index contributed by atoms with van der Waals surface area (Å²) in [6.07, 6.45) is -0.221. The van der Waals surface area contributed by atoms with E-state index < -0.39 is 17.4 Å². The van der Waals surface area contributed by atoms with E-state index in [1.165, 1.54) is 6.07 Å². The molecule has 0 aliphatic heterocycles. The molecule has 0 radical (unpaired) electrons. The Kier molecular flexibility index (Phi) is 2.50. The van der Waals surface area contributed by atoms with Crippen LogP contribution < -0.4 is 0 Å². The van der Waals surface area contributed by atoms with E-state index in [2.05, 4.69) is 4.74 Å². The highest BCUT2D eigenvalue weighted by Crippen LogP contribution is 2.34. The number of carbonyl (C=O) groups excluding carboxylic acids is 2. The van der Waals surface area contributed by atoms with Gasteiger partial charge in [0.15, 0.2) is 0 Å². The topological polar surface area (TPSA) is 43.4 Å². The molecule has 0 fully saturated rings. The van der Waals surface area contributed by atoms with Gasteiger partial charge in [0.25, 0.3) is 5.67 Å². The number of fused-ring (bicyclic) bond motifs is 1. The van der Waals surface area contributed by atoms with Crippen LogP contribution in [0.3, 0.4) is 0 Å². The van der Waals surface area contributed by atoms with Crippen molar-refractivity contribution in [2.45, 2.75) is 19.0 Å². The zero-order chi connectivity index (χ0) is 11.8. The molecule has 1 aliphatic carbocycles. The van der Waals surface area contributed by atoms with Crippen LogP contribution in [-0.4, -0.2) is 24.0 Å². The molecule has 4 heteroatoms. The van der Waals surface area contributed by atoms with Gasteiger partial charge in [0.05, 0.1) is 6.61 Å². The zero-order valence-electron chi connectivity index (χ0n) is 8.83. The highest BCUT2D eigenvalue weighted by atomic mass is 19.1. The van der Waals surface area contributed by atoms with Gasteiger partial charge in [0.2, 0.25) is 5.78 Å². The second kappa shape index (κ2) is 3.70. The SMILES string of the molecule is CCOC(=O)[C@]1(F)Cc2ccccc2C1=O. The van der Waals surface area contributed by atoms with Crippen LogP contribution in [0.4, 0.5) is 4.39 Å². The normalized spacial score (nSPS) is 23.0. The second-order valence-electron chi connectivity index (χ2n) is 3.68. The minimum atomic E-state index is -2.53. The smallest absolute Gasteiger partial charge is 0.352 e. The zero-order valence-corrected chi connectivity index (χ0v) is 8.83. The van der Waals surface area contributed by atoms with E-state index in [4.69, 9.17) is 0 Å². The Morgan fingerprint density at radius 3 is 2.81 bits per heavy atom. The van der Waals surface area contributed by atoms with E-state index in [-0.39, 0.29) is 18.6 Å². The molecule has 0 saturated carbocycles. The lowest BCUT2D eigenvalue weighted by Crippen LogP contribution is -2.41. The molecule has 0 spiro atoms. The first-order valence-corrected chi connectivity index (χ1v) is 5.08. The summed E-state index contributed by atoms with van der Waals surface area (Å²) in [5, 5.41) is 0. The van der Waals surface area contributed by atoms with E-state index in [1.54, 1.807) is 25.1 Å². The van der Waals surface area contributed by atoms with E-state index in [1.807, 2.05) is 0 Å². The van der Waals surface area contributed by atoms with Crippen LogP contribution in [0.2, 0.25) is 0 Å². The van der Waals surface area contributed by atoms with Crippen molar-refractivity contribution in [1.29, 1.82) is 0 Å². The fraction of sp³-hybridized carbons (Fsp3) is 0.333. The van der Waals surface area contributed by atoms with Crippen LogP contribution in [-0.2, 0) is 16.0 Å². The lowest BCUT2D eigenvalue weighted by Gasteiger charge is -2.14. The first kappa shape index (κ1) is 10.8. The lowest BCUT2D eigenvalue weighted by molar-refractivity contribution is -0.153. The third kappa shape index (κ3) is 1.41. The van der Waals surface area contributed by atoms with Crippen LogP contribution in [0.15, 0.2) is 24.3 Å². The molecule has 1 atom stereocenters. The number of carbonyl (C=O) groups is 2. The van der Waals surface area contributed by atoms with Crippen LogP contribution in [0, 0.1) is 0 Å². The largest absolute Gasteiger partial charge is 0.463 e. The molecule has 84 valence electrons. The van der Waals surface area contributed by atoms with Crippen LogP contribution in [0.1, 0.15) is 22.8 Å². The third-order valence-electron chi connectivity index (χ3n) is 2.65. The maximum Gasteiger partial charge on any atom is 0.352 e. The maximum absolute atomic E-state index is 14.3. The van der Waals surface area contributed by atoms with E-state index in [0.717, 1.165) is 0 Å². The maximum atomic E-state index is 14.3. The Bertz CT molecular complexity index is 455. The van der Waals surface area contributed by atoms with Gasteiger partial charge in [-0.2, -0.15) is 0 Å². The van der Waals surface area contributed by atoms with Gasteiger partial charge in [0.1, 0.15) is 0 Å². The Hall–Kier alpha value is -1.71. The van der Waals surface area contributed by atoms with Gasteiger partial charge in [-0.05, 0) is 12.5 Å². The number of Topliss-reactive ketones (excluding diaryl/α,β-unsaturated/α-hetero) is 1. The number of hydrogen-bond donors (Lipinski definition) is 0. The molecule has 0 N–H and O–H groups in total. The summed E-state index contributed by atoms with van der Waals surface area (Å²) < 4.78 is 18.9. The molecule has 0 unspecified atom stereocenters. The summed E-state index contributed by atoms with van der Waals surface area (Å²) >= 11 is 0. The molecular formula is C12H11FO3. The number of rotatable bonds is 2. The summed E-state index contributed by atoms with van der Waals surface area (Å²) in [6, 6.07) is 6.53. The first-order valence-electron chi connectivity index (χ1n) is 5.08. The van der Waals surface area contributed by atoms with Crippen molar-refractivity contribution >= 4 is 11.8 Å². The Balaban J connectivity index is 2.37. The van der Waals surface area contributed by atoms with Crippen LogP contribution in [0.5, 0.6) is 0 Å². The summed E-state index contributed by atoms with van der Waals surface area (Å²) in [6.45, 7) is 1.64. The molecule has 1 aliphatic rings. The van der Waals surface area contributed by atoms with Crippen molar-refractivity contribution < 1.29 is 18.7 Å². The van der Waals surface area contributed by atoms with Crippen LogP contribution >= 0.6 is 0 Å². The number of alkyl halides is 1. The fourth-order valence-electron chi connectivity index (χ4n) is 1.86. The Labute approximate surface area is 92.2 Å². The van der Waals surface area contributed by atoms with Gasteiger partial charge in [-0.15, -0.1) is 0 Å². The van der Waals surface area contributed by atoms with E-state index in [9.17, 15) is 14.0 Å². The monoisotopic (exact) mass is 222 g/mol. The molecule has 0 saturated heterocycles. The predicted octanol–water partition coefficient (Wildman–Crippen LogP) is 1.70. The molecule has 0 aromatic heterocycles. The van der Waals surface area contributed by atoms with E-state index in [0.29, 0.717) is 5.56 Å². The van der Waals surface area contributed by atoms with Gasteiger partial charge < -0.3 is 4.74 Å². The molecule has 16 heavy (non-hydrogen) atoms. The number of esters is 1. The molecule has 1 aromatic rings. The number of ether oxygens (including phenoxy) is 1. The minimum Gasteiger partial charge on any atom is -0.463 e. The van der Waals surface area contributed by atoms with Gasteiger partial charge >= 0.3 is 5.97 Å². The molecule has 0 heterocycles. The molecule has 3 nitrogen and oxygen atoms in total. The van der Waals surface area contributed by atoms with Gasteiger partial charge in [-0.25, -0.2) is 9.18 Å². The molecular weight excluding hydrogens is 211 g/mol. The summed E-state index contributed by atoms with van der Waals surface area (Å²) in [4.78, 5) is 23.2. The van der Waals surface area contributed by atoms with Crippen molar-refractivity contribution in [3.63, 3.8) is 0 Å². The minimum absolute atomic E-state index is 0.0636. The van der Waals surface area contributed by atoms with Crippen molar-refractivity contribution in [1.82, 2.24) is 0 Å². The van der Waals surface area contributed by atoms with Gasteiger partial charge in [-0.3, -0.25) is 4.79 Å². The first-order chi connectivity index (χ1) is 7.59. The van der Waals surface area contributed by atoms with Gasteiger partial charge in [-0.1, -0.05) is 24.3 Å². The molecule has 0 bridgehead atoms. The average molecular weight is 222 g/mol. The van der Waals surface area contributed by atoms with Crippen molar-refractivity contribution in [3.05, 3.63) is 35.4 Å². The summed E-state index contributed by atoms with van der Waals surface area (Å²) in [7, 11) is 0. The Morgan fingerprint density at radius 1 is 1.50 bits per heavy atom. The lowest BCUT2D eigenvalue weighted by atomic mass is 10.0. The number of benzene rings is 1. The predicted molar refractivity (Wildman–Crippen MR) is 54.9 cm³/mol. The molecule has 2 rings (SSSR count). The van der Waals surface area contributed by atoms with Crippen molar-refractivity contribution in [2.75, 3.05) is 6.61 Å². The highest BCUT2D eigenvalue weighted by Gasteiger charge is 2.53. The summed E-state index contributed by atoms with van der Waals surface area (Å²) in [5.41, 5.74) is -1.69. The van der Waals surface area contributed by atoms with Crippen LogP contribution in [0.25, 0.3) is 0 Å². The molecule has 0 amide bonds. The number of halogens is 1. The molecule has 1 aromatic carbocycles. The van der Waals surface area contributed by atoms with Gasteiger partial charge in [0, 0.05) is 12.0 Å². The van der Waals surface area contributed by atoms with Crippen molar-refractivity contribution in [3.8, 4) is 0 Å². The third-order valence-corrected chi connectivity index (χ3v) is 2.65. The average Bonchev–Trinajstić information content (AvgIpc) is 2.54. The standard InChI is InChI=1S/C12H11FO3/c1-2-16-11(15)12(13)7-8-5-3-4-6-9(8)10(12)14/h3-6H,2,7H2,1H3/t12-/m0/s1.